The van der Waals surface area contributed by atoms with Crippen LogP contribution in [-0.4, -0.2) is 26.7 Å². The lowest BCUT2D eigenvalue weighted by Gasteiger charge is -2.17. The summed E-state index contributed by atoms with van der Waals surface area (Å²) in [5.74, 6) is 0.934. The van der Waals surface area contributed by atoms with Gasteiger partial charge < -0.3 is 10.1 Å². The first kappa shape index (κ1) is 9.83. The fraction of sp³-hybridized carbons (Fsp3) is 0.364. The zero-order valence-corrected chi connectivity index (χ0v) is 8.91. The van der Waals surface area contributed by atoms with Gasteiger partial charge >= 0.3 is 6.03 Å². The average Bonchev–Trinajstić information content (AvgIpc) is 2.73. The Hall–Kier alpha value is -1.71. The Labute approximate surface area is 88.8 Å². The molecule has 2 amide bonds. The highest BCUT2D eigenvalue weighted by atomic mass is 16.5. The summed E-state index contributed by atoms with van der Waals surface area (Å²) in [6, 6.07) is 5.68. The van der Waals surface area contributed by atoms with E-state index in [-0.39, 0.29) is 6.03 Å². The highest BCUT2D eigenvalue weighted by Gasteiger charge is 2.15. The second-order valence-corrected chi connectivity index (χ2v) is 3.50. The Morgan fingerprint density at radius 1 is 1.53 bits per heavy atom. The minimum absolute atomic E-state index is 0.117. The molecule has 0 saturated carbocycles. The van der Waals surface area contributed by atoms with Crippen molar-refractivity contribution in [1.29, 1.82) is 0 Å². The molecule has 0 radical (unpaired) electrons. The number of carbonyl (C=O) groups excluding carboxylic acids is 1. The molecule has 0 aliphatic carbocycles. The van der Waals surface area contributed by atoms with Crippen LogP contribution in [0.25, 0.3) is 0 Å². The van der Waals surface area contributed by atoms with Crippen molar-refractivity contribution in [3.05, 3.63) is 23.8 Å². The molecule has 0 saturated heterocycles. The molecule has 4 heteroatoms. The van der Waals surface area contributed by atoms with Gasteiger partial charge in [-0.2, -0.15) is 0 Å². The predicted octanol–water partition coefficient (Wildman–Crippen LogP) is 1.40. The van der Waals surface area contributed by atoms with Crippen LogP contribution >= 0.6 is 0 Å². The summed E-state index contributed by atoms with van der Waals surface area (Å²) in [5.41, 5.74) is 2.06. The van der Waals surface area contributed by atoms with Crippen LogP contribution in [-0.2, 0) is 6.42 Å². The van der Waals surface area contributed by atoms with Gasteiger partial charge in [0, 0.05) is 26.2 Å². The summed E-state index contributed by atoms with van der Waals surface area (Å²) in [4.78, 5) is 13.0. The molecule has 1 aromatic rings. The van der Waals surface area contributed by atoms with Gasteiger partial charge in [0.05, 0.1) is 6.61 Å². The summed E-state index contributed by atoms with van der Waals surface area (Å²) in [6.07, 6.45) is 0.921. The zero-order valence-electron chi connectivity index (χ0n) is 8.91. The molecule has 1 aliphatic heterocycles. The van der Waals surface area contributed by atoms with Gasteiger partial charge in [-0.15, -0.1) is 0 Å². The molecule has 0 spiro atoms. The smallest absolute Gasteiger partial charge is 0.321 e. The summed E-state index contributed by atoms with van der Waals surface area (Å²) in [6.45, 7) is 0.739. The molecular weight excluding hydrogens is 192 g/mol. The third-order valence-electron chi connectivity index (χ3n) is 2.58. The zero-order chi connectivity index (χ0) is 10.8. The van der Waals surface area contributed by atoms with E-state index < -0.39 is 0 Å². The van der Waals surface area contributed by atoms with Crippen molar-refractivity contribution in [1.82, 2.24) is 5.32 Å². The number of benzene rings is 1. The monoisotopic (exact) mass is 206 g/mol. The number of hydrogen-bond acceptors (Lipinski definition) is 2. The molecule has 0 aromatic heterocycles. The Morgan fingerprint density at radius 3 is 3.07 bits per heavy atom. The summed E-state index contributed by atoms with van der Waals surface area (Å²) < 4.78 is 5.40. The van der Waals surface area contributed by atoms with Gasteiger partial charge in [-0.1, -0.05) is 0 Å². The molecule has 0 bridgehead atoms. The van der Waals surface area contributed by atoms with Crippen molar-refractivity contribution >= 4 is 11.7 Å². The number of hydrogen-bond donors (Lipinski definition) is 1. The summed E-state index contributed by atoms with van der Waals surface area (Å²) in [7, 11) is 3.37. The van der Waals surface area contributed by atoms with Crippen LogP contribution < -0.4 is 15.0 Å². The van der Waals surface area contributed by atoms with E-state index >= 15 is 0 Å². The number of fused-ring (bicyclic) bond motifs is 1. The van der Waals surface area contributed by atoms with Crippen LogP contribution in [0, 0.1) is 0 Å². The maximum Gasteiger partial charge on any atom is 0.321 e. The van der Waals surface area contributed by atoms with E-state index in [9.17, 15) is 4.79 Å². The molecule has 1 N–H and O–H groups in total. The molecular formula is C11H14N2O2. The van der Waals surface area contributed by atoms with Crippen LogP contribution in [0.1, 0.15) is 5.56 Å². The lowest BCUT2D eigenvalue weighted by Crippen LogP contribution is -2.34. The average molecular weight is 206 g/mol. The number of nitrogens with zero attached hydrogens (tertiary/aromatic N) is 1. The predicted molar refractivity (Wildman–Crippen MR) is 58.5 cm³/mol. The fourth-order valence-corrected chi connectivity index (χ4v) is 1.67. The quantitative estimate of drug-likeness (QED) is 0.754. The molecule has 1 aliphatic rings. The number of anilines is 1. The van der Waals surface area contributed by atoms with E-state index in [1.165, 1.54) is 5.56 Å². The van der Waals surface area contributed by atoms with Crippen molar-refractivity contribution < 1.29 is 9.53 Å². The second kappa shape index (κ2) is 3.81. The SMILES string of the molecule is CNC(=O)N(C)c1ccc2c(c1)CCO2. The van der Waals surface area contributed by atoms with Gasteiger partial charge in [0.1, 0.15) is 5.75 Å². The number of rotatable bonds is 1. The first-order chi connectivity index (χ1) is 7.22. The lowest BCUT2D eigenvalue weighted by molar-refractivity contribution is 0.249. The minimum Gasteiger partial charge on any atom is -0.493 e. The van der Waals surface area contributed by atoms with Gasteiger partial charge in [0.15, 0.2) is 0 Å². The van der Waals surface area contributed by atoms with Crippen LogP contribution in [0.15, 0.2) is 18.2 Å². The summed E-state index contributed by atoms with van der Waals surface area (Å²) in [5, 5.41) is 2.59. The van der Waals surface area contributed by atoms with Gasteiger partial charge in [-0.3, -0.25) is 4.90 Å². The van der Waals surface area contributed by atoms with Gasteiger partial charge in [-0.25, -0.2) is 4.79 Å². The fourth-order valence-electron chi connectivity index (χ4n) is 1.67. The van der Waals surface area contributed by atoms with Gasteiger partial charge in [0.25, 0.3) is 0 Å². The van der Waals surface area contributed by atoms with E-state index in [2.05, 4.69) is 5.32 Å². The molecule has 1 heterocycles. The van der Waals surface area contributed by atoms with Crippen LogP contribution in [0.5, 0.6) is 5.75 Å². The standard InChI is InChI=1S/C11H14N2O2/c1-12-11(14)13(2)9-3-4-10-8(7-9)5-6-15-10/h3-4,7H,5-6H2,1-2H3,(H,12,14). The molecule has 1 aromatic carbocycles. The van der Waals surface area contributed by atoms with Crippen molar-refractivity contribution in [2.45, 2.75) is 6.42 Å². The maximum absolute atomic E-state index is 11.4. The van der Waals surface area contributed by atoms with E-state index in [1.807, 2.05) is 18.2 Å². The highest BCUT2D eigenvalue weighted by molar-refractivity contribution is 5.91. The number of nitrogens with one attached hydrogen (secondary N) is 1. The van der Waals surface area contributed by atoms with Crippen molar-refractivity contribution in [2.75, 3.05) is 25.6 Å². The van der Waals surface area contributed by atoms with Gasteiger partial charge in [0.2, 0.25) is 0 Å². The number of ether oxygens (including phenoxy) is 1. The molecule has 0 fully saturated rings. The molecule has 15 heavy (non-hydrogen) atoms. The largest absolute Gasteiger partial charge is 0.493 e. The van der Waals surface area contributed by atoms with Gasteiger partial charge in [-0.05, 0) is 23.8 Å². The Morgan fingerprint density at radius 2 is 2.33 bits per heavy atom. The van der Waals surface area contributed by atoms with Crippen LogP contribution in [0.3, 0.4) is 0 Å². The normalized spacial score (nSPS) is 12.9. The number of urea groups is 1. The maximum atomic E-state index is 11.4. The van der Waals surface area contributed by atoms with Crippen LogP contribution in [0.2, 0.25) is 0 Å². The number of carbonyl (C=O) groups is 1. The highest BCUT2D eigenvalue weighted by Crippen LogP contribution is 2.29. The van der Waals surface area contributed by atoms with Crippen molar-refractivity contribution in [2.24, 2.45) is 0 Å². The Bertz CT molecular complexity index is 390. The van der Waals surface area contributed by atoms with Crippen LogP contribution in [0.4, 0.5) is 10.5 Å². The van der Waals surface area contributed by atoms with Crippen molar-refractivity contribution in [3.63, 3.8) is 0 Å². The van der Waals surface area contributed by atoms with Crippen molar-refractivity contribution in [3.8, 4) is 5.75 Å². The number of amides is 2. The summed E-state index contributed by atoms with van der Waals surface area (Å²) >= 11 is 0. The Kier molecular flexibility index (Phi) is 2.49. The van der Waals surface area contributed by atoms with E-state index in [4.69, 9.17) is 4.74 Å². The van der Waals surface area contributed by atoms with E-state index in [0.29, 0.717) is 0 Å². The van der Waals surface area contributed by atoms with E-state index in [0.717, 1.165) is 24.5 Å². The first-order valence-corrected chi connectivity index (χ1v) is 4.93. The first-order valence-electron chi connectivity index (χ1n) is 4.93. The van der Waals surface area contributed by atoms with E-state index in [1.54, 1.807) is 19.0 Å². The molecule has 0 unspecified atom stereocenters. The molecule has 80 valence electrons. The molecule has 2 rings (SSSR count). The minimum atomic E-state index is -0.117. The molecule has 4 nitrogen and oxygen atoms in total. The second-order valence-electron chi connectivity index (χ2n) is 3.50. The molecule has 0 atom stereocenters. The topological polar surface area (TPSA) is 41.6 Å². The Balaban J connectivity index is 2.26. The lowest BCUT2D eigenvalue weighted by atomic mass is 10.1. The third-order valence-corrected chi connectivity index (χ3v) is 2.58. The third kappa shape index (κ3) is 1.75.